The number of nitrogens with zero attached hydrogens (tertiary/aromatic N) is 2. The first kappa shape index (κ1) is 9.60. The molecule has 1 radical (unpaired) electrons. The molecule has 16 heavy (non-hydrogen) atoms. The number of rotatable bonds is 1. The van der Waals surface area contributed by atoms with E-state index >= 15 is 0 Å². The lowest BCUT2D eigenvalue weighted by molar-refractivity contribution is 0.543. The molecule has 1 aliphatic rings. The molecule has 1 aromatic heterocycles. The molecular weight excluding hydrogens is 198 g/mol. The largest absolute Gasteiger partial charge is 0.280 e. The molecular formula is C13H14N3. The molecule has 1 N–H and O–H groups in total. The van der Waals surface area contributed by atoms with Crippen LogP contribution in [0.5, 0.6) is 0 Å². The Kier molecular flexibility index (Phi) is 2.26. The van der Waals surface area contributed by atoms with Crippen molar-refractivity contribution in [1.29, 1.82) is 0 Å². The van der Waals surface area contributed by atoms with Crippen molar-refractivity contribution < 1.29 is 0 Å². The summed E-state index contributed by atoms with van der Waals surface area (Å²) >= 11 is 0. The topological polar surface area (TPSA) is 42.8 Å². The molecule has 0 saturated carbocycles. The van der Waals surface area contributed by atoms with Crippen molar-refractivity contribution in [3.05, 3.63) is 52.8 Å². The Hall–Kier alpha value is -1.61. The van der Waals surface area contributed by atoms with Crippen molar-refractivity contribution in [3.8, 4) is 0 Å². The number of aryl methyl sites for hydroxylation is 1. The highest BCUT2D eigenvalue weighted by molar-refractivity contribution is 5.37. The summed E-state index contributed by atoms with van der Waals surface area (Å²) < 4.78 is 0. The summed E-state index contributed by atoms with van der Waals surface area (Å²) in [7, 11) is 0. The van der Waals surface area contributed by atoms with Gasteiger partial charge in [0.15, 0.2) is 0 Å². The second-order valence-electron chi connectivity index (χ2n) is 4.22. The van der Waals surface area contributed by atoms with E-state index < -0.39 is 0 Å². The molecule has 1 unspecified atom stereocenters. The van der Waals surface area contributed by atoms with E-state index in [9.17, 15) is 0 Å². The molecule has 1 atom stereocenters. The molecule has 1 aliphatic heterocycles. The predicted molar refractivity (Wildman–Crippen MR) is 62.3 cm³/mol. The smallest absolute Gasteiger partial charge is 0.0914 e. The number of fused-ring (bicyclic) bond motifs is 1. The van der Waals surface area contributed by atoms with Crippen molar-refractivity contribution >= 4 is 0 Å². The Morgan fingerprint density at radius 3 is 3.00 bits per heavy atom. The molecule has 0 aliphatic carbocycles. The van der Waals surface area contributed by atoms with Crippen molar-refractivity contribution in [2.45, 2.75) is 19.4 Å². The third-order valence-corrected chi connectivity index (χ3v) is 3.06. The molecule has 0 spiro atoms. The van der Waals surface area contributed by atoms with Crippen LogP contribution in [0.2, 0.25) is 0 Å². The van der Waals surface area contributed by atoms with Crippen LogP contribution in [0.4, 0.5) is 0 Å². The van der Waals surface area contributed by atoms with Crippen LogP contribution in [0.25, 0.3) is 0 Å². The van der Waals surface area contributed by atoms with Crippen LogP contribution in [-0.2, 0) is 6.42 Å². The van der Waals surface area contributed by atoms with Crippen LogP contribution >= 0.6 is 0 Å². The lowest BCUT2D eigenvalue weighted by Gasteiger charge is -2.24. The summed E-state index contributed by atoms with van der Waals surface area (Å²) in [6, 6.07) is 10.8. The van der Waals surface area contributed by atoms with Crippen LogP contribution < -0.4 is 5.32 Å². The van der Waals surface area contributed by atoms with Crippen LogP contribution in [0, 0.1) is 6.92 Å². The third-order valence-electron chi connectivity index (χ3n) is 3.06. The van der Waals surface area contributed by atoms with Gasteiger partial charge in [-0.15, -0.1) is 0 Å². The molecule has 0 fully saturated rings. The summed E-state index contributed by atoms with van der Waals surface area (Å²) in [6.07, 6.45) is 1.06. The standard InChI is InChI=1S/C13H14N3/c1-9-8-12(16-15-9)13-11-5-3-2-4-10(11)6-7-14-13/h2-5,8,13H,6-7H2,1H3,(H,15,16). The van der Waals surface area contributed by atoms with E-state index in [-0.39, 0.29) is 6.04 Å². The number of hydrogen-bond acceptors (Lipinski definition) is 1. The molecule has 0 saturated heterocycles. The molecule has 2 aromatic rings. The fraction of sp³-hybridized carbons (Fsp3) is 0.308. The number of nitrogens with one attached hydrogen (secondary N) is 1. The minimum Gasteiger partial charge on any atom is -0.280 e. The Morgan fingerprint density at radius 1 is 1.31 bits per heavy atom. The molecule has 0 bridgehead atoms. The lowest BCUT2D eigenvalue weighted by Crippen LogP contribution is -2.25. The maximum absolute atomic E-state index is 4.68. The zero-order valence-electron chi connectivity index (χ0n) is 9.27. The first-order valence-corrected chi connectivity index (χ1v) is 5.61. The number of benzene rings is 1. The zero-order chi connectivity index (χ0) is 11.0. The SMILES string of the molecule is Cc1cc(C2[N]CCc3ccccc32)[nH]n1. The summed E-state index contributed by atoms with van der Waals surface area (Å²) in [4.78, 5) is 0. The highest BCUT2D eigenvalue weighted by Crippen LogP contribution is 2.28. The fourth-order valence-corrected chi connectivity index (χ4v) is 2.29. The molecule has 3 rings (SSSR count). The Balaban J connectivity index is 2.04. The van der Waals surface area contributed by atoms with Crippen LogP contribution in [0.15, 0.2) is 30.3 Å². The lowest BCUT2D eigenvalue weighted by atomic mass is 9.92. The highest BCUT2D eigenvalue weighted by atomic mass is 15.1. The van der Waals surface area contributed by atoms with Crippen LogP contribution in [0.3, 0.4) is 0 Å². The minimum absolute atomic E-state index is 0.145. The molecule has 3 nitrogen and oxygen atoms in total. The third kappa shape index (κ3) is 1.53. The normalized spacial score (nSPS) is 19.4. The molecule has 2 heterocycles. The van der Waals surface area contributed by atoms with Crippen molar-refractivity contribution in [2.24, 2.45) is 0 Å². The van der Waals surface area contributed by atoms with E-state index in [4.69, 9.17) is 0 Å². The number of aromatic nitrogens is 2. The maximum atomic E-state index is 4.68. The van der Waals surface area contributed by atoms with Gasteiger partial charge in [-0.05, 0) is 30.5 Å². The quantitative estimate of drug-likeness (QED) is 0.771. The van der Waals surface area contributed by atoms with Crippen molar-refractivity contribution in [2.75, 3.05) is 6.54 Å². The highest BCUT2D eigenvalue weighted by Gasteiger charge is 2.23. The molecule has 81 valence electrons. The van der Waals surface area contributed by atoms with E-state index in [1.807, 2.05) is 6.92 Å². The van der Waals surface area contributed by atoms with E-state index in [1.54, 1.807) is 0 Å². The van der Waals surface area contributed by atoms with Crippen molar-refractivity contribution in [1.82, 2.24) is 15.5 Å². The second-order valence-corrected chi connectivity index (χ2v) is 4.22. The Bertz CT molecular complexity index is 501. The van der Waals surface area contributed by atoms with Gasteiger partial charge in [0.1, 0.15) is 0 Å². The Labute approximate surface area is 94.9 Å². The van der Waals surface area contributed by atoms with Gasteiger partial charge in [0.25, 0.3) is 0 Å². The average molecular weight is 212 g/mol. The minimum atomic E-state index is 0.145. The van der Waals surface area contributed by atoms with E-state index in [1.165, 1.54) is 11.1 Å². The number of aromatic amines is 1. The van der Waals surface area contributed by atoms with Gasteiger partial charge in [-0.25, -0.2) is 5.32 Å². The average Bonchev–Trinajstić information content (AvgIpc) is 2.75. The second kappa shape index (κ2) is 3.76. The van der Waals surface area contributed by atoms with Gasteiger partial charge in [-0.3, -0.25) is 5.10 Å². The first-order chi connectivity index (χ1) is 7.84. The van der Waals surface area contributed by atoms with Gasteiger partial charge in [-0.1, -0.05) is 24.3 Å². The number of hydrogen-bond donors (Lipinski definition) is 1. The summed E-state index contributed by atoms with van der Waals surface area (Å²) in [5.74, 6) is 0. The van der Waals surface area contributed by atoms with Gasteiger partial charge >= 0.3 is 0 Å². The van der Waals surface area contributed by atoms with E-state index in [0.29, 0.717) is 0 Å². The predicted octanol–water partition coefficient (Wildman–Crippen LogP) is 1.97. The van der Waals surface area contributed by atoms with Gasteiger partial charge in [0, 0.05) is 6.54 Å². The first-order valence-electron chi connectivity index (χ1n) is 5.61. The van der Waals surface area contributed by atoms with E-state index in [2.05, 4.69) is 45.8 Å². The fourth-order valence-electron chi connectivity index (χ4n) is 2.29. The van der Waals surface area contributed by atoms with Crippen LogP contribution in [0.1, 0.15) is 28.6 Å². The Morgan fingerprint density at radius 2 is 2.19 bits per heavy atom. The maximum Gasteiger partial charge on any atom is 0.0914 e. The van der Waals surface area contributed by atoms with Crippen molar-refractivity contribution in [3.63, 3.8) is 0 Å². The van der Waals surface area contributed by atoms with Gasteiger partial charge in [0.2, 0.25) is 0 Å². The monoisotopic (exact) mass is 212 g/mol. The van der Waals surface area contributed by atoms with Gasteiger partial charge < -0.3 is 0 Å². The van der Waals surface area contributed by atoms with Gasteiger partial charge in [0.05, 0.1) is 17.4 Å². The van der Waals surface area contributed by atoms with Crippen LogP contribution in [-0.4, -0.2) is 16.7 Å². The molecule has 0 amide bonds. The summed E-state index contributed by atoms with van der Waals surface area (Å²) in [5.41, 5.74) is 4.85. The summed E-state index contributed by atoms with van der Waals surface area (Å²) in [5, 5.41) is 11.9. The van der Waals surface area contributed by atoms with E-state index in [0.717, 1.165) is 24.4 Å². The van der Waals surface area contributed by atoms with Gasteiger partial charge in [-0.2, -0.15) is 5.10 Å². The summed E-state index contributed by atoms with van der Waals surface area (Å²) in [6.45, 7) is 2.90. The molecule has 1 aromatic carbocycles. The number of H-pyrrole nitrogens is 1. The zero-order valence-corrected chi connectivity index (χ0v) is 9.27. The molecule has 3 heteroatoms.